The zero-order valence-corrected chi connectivity index (χ0v) is 10.1. The van der Waals surface area contributed by atoms with Crippen molar-refractivity contribution in [2.45, 2.75) is 31.8 Å². The second-order valence-corrected chi connectivity index (χ2v) is 4.78. The van der Waals surface area contributed by atoms with E-state index in [4.69, 9.17) is 5.73 Å². The molecule has 0 radical (unpaired) electrons. The normalized spacial score (nSPS) is 23.6. The number of hydrogen-bond acceptors (Lipinski definition) is 3. The van der Waals surface area contributed by atoms with Gasteiger partial charge in [-0.05, 0) is 32.4 Å². The van der Waals surface area contributed by atoms with Crippen LogP contribution in [0, 0.1) is 5.82 Å². The van der Waals surface area contributed by atoms with Crippen molar-refractivity contribution in [3.05, 3.63) is 29.6 Å². The molecule has 0 bridgehead atoms. The minimum absolute atomic E-state index is 0.0247. The Morgan fingerprint density at radius 2 is 2.29 bits per heavy atom. The minimum Gasteiger partial charge on any atom is -0.508 e. The number of benzene rings is 1. The molecule has 1 fully saturated rings. The third-order valence-corrected chi connectivity index (χ3v) is 3.48. The molecule has 0 aliphatic carbocycles. The second kappa shape index (κ2) is 5.02. The van der Waals surface area contributed by atoms with Gasteiger partial charge >= 0.3 is 0 Å². The maximum Gasteiger partial charge on any atom is 0.126 e. The van der Waals surface area contributed by atoms with E-state index in [1.165, 1.54) is 6.07 Å². The Kier molecular flexibility index (Phi) is 3.64. The molecule has 0 amide bonds. The molecule has 3 N–H and O–H groups in total. The fraction of sp³-hybridized carbons (Fsp3) is 0.538. The molecule has 1 aromatic carbocycles. The maximum absolute atomic E-state index is 12.9. The van der Waals surface area contributed by atoms with Crippen molar-refractivity contribution in [1.29, 1.82) is 0 Å². The Morgan fingerprint density at radius 1 is 1.53 bits per heavy atom. The molecular weight excluding hydrogens is 219 g/mol. The van der Waals surface area contributed by atoms with Crippen LogP contribution in [-0.2, 0) is 0 Å². The van der Waals surface area contributed by atoms with Crippen LogP contribution in [0.4, 0.5) is 4.39 Å². The standard InChI is InChI=1S/C13H19FN2O/c1-9(16-6-2-3-11(15)8-16)12-5-4-10(14)7-13(12)17/h4-5,7,9,11,17H,2-3,6,8,15H2,1H3. The number of rotatable bonds is 2. The van der Waals surface area contributed by atoms with Gasteiger partial charge in [0, 0.05) is 30.3 Å². The molecule has 1 heterocycles. The first kappa shape index (κ1) is 12.3. The van der Waals surface area contributed by atoms with Crippen molar-refractivity contribution in [1.82, 2.24) is 4.90 Å². The highest BCUT2D eigenvalue weighted by molar-refractivity contribution is 5.35. The van der Waals surface area contributed by atoms with Gasteiger partial charge in [0.2, 0.25) is 0 Å². The molecule has 2 atom stereocenters. The number of aromatic hydroxyl groups is 1. The van der Waals surface area contributed by atoms with Gasteiger partial charge < -0.3 is 10.8 Å². The third-order valence-electron chi connectivity index (χ3n) is 3.48. The monoisotopic (exact) mass is 238 g/mol. The van der Waals surface area contributed by atoms with Gasteiger partial charge in [-0.15, -0.1) is 0 Å². The highest BCUT2D eigenvalue weighted by Crippen LogP contribution is 2.30. The summed E-state index contributed by atoms with van der Waals surface area (Å²) in [5, 5.41) is 9.76. The summed E-state index contributed by atoms with van der Waals surface area (Å²) in [5.74, 6) is -0.384. The van der Waals surface area contributed by atoms with Gasteiger partial charge in [0.15, 0.2) is 0 Å². The van der Waals surface area contributed by atoms with Crippen LogP contribution in [0.5, 0.6) is 5.75 Å². The van der Waals surface area contributed by atoms with Crippen LogP contribution >= 0.6 is 0 Å². The lowest BCUT2D eigenvalue weighted by atomic mass is 10.0. The average Bonchev–Trinajstić information content (AvgIpc) is 2.28. The smallest absolute Gasteiger partial charge is 0.126 e. The summed E-state index contributed by atoms with van der Waals surface area (Å²) in [6.07, 6.45) is 2.13. The van der Waals surface area contributed by atoms with E-state index in [9.17, 15) is 9.50 Å². The lowest BCUT2D eigenvalue weighted by molar-refractivity contribution is 0.157. The van der Waals surface area contributed by atoms with E-state index in [2.05, 4.69) is 4.90 Å². The van der Waals surface area contributed by atoms with Crippen LogP contribution in [0.3, 0.4) is 0 Å². The lowest BCUT2D eigenvalue weighted by Gasteiger charge is -2.35. The number of nitrogens with two attached hydrogens (primary N) is 1. The number of phenols is 1. The van der Waals surface area contributed by atoms with E-state index in [-0.39, 0.29) is 17.8 Å². The average molecular weight is 238 g/mol. The predicted molar refractivity (Wildman–Crippen MR) is 65.3 cm³/mol. The molecule has 17 heavy (non-hydrogen) atoms. The first-order valence-electron chi connectivity index (χ1n) is 6.06. The van der Waals surface area contributed by atoms with Gasteiger partial charge in [-0.25, -0.2) is 4.39 Å². The molecule has 1 saturated heterocycles. The molecular formula is C13H19FN2O. The highest BCUT2D eigenvalue weighted by Gasteiger charge is 2.23. The largest absolute Gasteiger partial charge is 0.508 e. The van der Waals surface area contributed by atoms with E-state index in [0.29, 0.717) is 0 Å². The maximum atomic E-state index is 12.9. The molecule has 0 aromatic heterocycles. The molecule has 1 aromatic rings. The van der Waals surface area contributed by atoms with E-state index in [1.54, 1.807) is 6.07 Å². The number of likely N-dealkylation sites (tertiary alicyclic amines) is 1. The number of halogens is 1. The number of nitrogens with zero attached hydrogens (tertiary/aromatic N) is 1. The zero-order chi connectivity index (χ0) is 12.4. The SMILES string of the molecule is CC(c1ccc(F)cc1O)N1CCCC(N)C1. The number of piperidine rings is 1. The van der Waals surface area contributed by atoms with Gasteiger partial charge in [0.1, 0.15) is 11.6 Å². The van der Waals surface area contributed by atoms with Crippen LogP contribution in [0.1, 0.15) is 31.4 Å². The summed E-state index contributed by atoms with van der Waals surface area (Å²) in [5.41, 5.74) is 6.70. The van der Waals surface area contributed by atoms with Crippen LogP contribution in [0.15, 0.2) is 18.2 Å². The Bertz CT molecular complexity index is 397. The van der Waals surface area contributed by atoms with Crippen molar-refractivity contribution in [3.63, 3.8) is 0 Å². The van der Waals surface area contributed by atoms with Crippen molar-refractivity contribution in [3.8, 4) is 5.75 Å². The Labute approximate surface area is 101 Å². The Balaban J connectivity index is 2.15. The third kappa shape index (κ3) is 2.76. The summed E-state index contributed by atoms with van der Waals surface area (Å²) in [4.78, 5) is 2.24. The molecule has 0 spiro atoms. The van der Waals surface area contributed by atoms with Gasteiger partial charge in [0.25, 0.3) is 0 Å². The minimum atomic E-state index is -0.409. The quantitative estimate of drug-likeness (QED) is 0.828. The summed E-state index contributed by atoms with van der Waals surface area (Å²) in [6, 6.07) is 4.47. The van der Waals surface area contributed by atoms with E-state index >= 15 is 0 Å². The van der Waals surface area contributed by atoms with E-state index in [0.717, 1.165) is 37.6 Å². The first-order valence-corrected chi connectivity index (χ1v) is 6.06. The second-order valence-electron chi connectivity index (χ2n) is 4.78. The van der Waals surface area contributed by atoms with Gasteiger partial charge in [0.05, 0.1) is 0 Å². The van der Waals surface area contributed by atoms with Crippen LogP contribution < -0.4 is 5.73 Å². The van der Waals surface area contributed by atoms with Crippen LogP contribution in [0.25, 0.3) is 0 Å². The summed E-state index contributed by atoms with van der Waals surface area (Å²) in [7, 11) is 0. The van der Waals surface area contributed by atoms with Crippen molar-refractivity contribution < 1.29 is 9.50 Å². The van der Waals surface area contributed by atoms with Crippen LogP contribution in [-0.4, -0.2) is 29.1 Å². The Morgan fingerprint density at radius 3 is 2.94 bits per heavy atom. The lowest BCUT2D eigenvalue weighted by Crippen LogP contribution is -2.43. The first-order chi connectivity index (χ1) is 8.08. The van der Waals surface area contributed by atoms with Crippen LogP contribution in [0.2, 0.25) is 0 Å². The number of phenolic OH excluding ortho intramolecular Hbond substituents is 1. The van der Waals surface area contributed by atoms with E-state index < -0.39 is 5.82 Å². The Hall–Kier alpha value is -1.13. The predicted octanol–water partition coefficient (Wildman–Crippen LogP) is 2.02. The van der Waals surface area contributed by atoms with Gasteiger partial charge in [-0.3, -0.25) is 4.90 Å². The molecule has 94 valence electrons. The topological polar surface area (TPSA) is 49.5 Å². The molecule has 3 nitrogen and oxygen atoms in total. The summed E-state index contributed by atoms with van der Waals surface area (Å²) >= 11 is 0. The highest BCUT2D eigenvalue weighted by atomic mass is 19.1. The number of hydrogen-bond donors (Lipinski definition) is 2. The molecule has 1 aliphatic rings. The van der Waals surface area contributed by atoms with Crippen molar-refractivity contribution in [2.24, 2.45) is 5.73 Å². The molecule has 2 unspecified atom stereocenters. The van der Waals surface area contributed by atoms with E-state index in [1.807, 2.05) is 6.92 Å². The molecule has 2 rings (SSSR count). The van der Waals surface area contributed by atoms with Gasteiger partial charge in [-0.2, -0.15) is 0 Å². The fourth-order valence-electron chi connectivity index (χ4n) is 2.46. The summed E-state index contributed by atoms with van der Waals surface area (Å²) < 4.78 is 12.9. The van der Waals surface area contributed by atoms with Crippen molar-refractivity contribution >= 4 is 0 Å². The molecule has 1 aliphatic heterocycles. The van der Waals surface area contributed by atoms with Gasteiger partial charge in [-0.1, -0.05) is 6.07 Å². The molecule has 0 saturated carbocycles. The fourth-order valence-corrected chi connectivity index (χ4v) is 2.46. The zero-order valence-electron chi connectivity index (χ0n) is 10.1. The molecule has 4 heteroatoms. The van der Waals surface area contributed by atoms with Crippen molar-refractivity contribution in [2.75, 3.05) is 13.1 Å². The summed E-state index contributed by atoms with van der Waals surface area (Å²) in [6.45, 7) is 3.83.